The van der Waals surface area contributed by atoms with Crippen LogP contribution in [0.15, 0.2) is 0 Å². The maximum atomic E-state index is 11.2. The van der Waals surface area contributed by atoms with Crippen LogP contribution < -0.4 is 5.73 Å². The maximum absolute atomic E-state index is 11.2. The van der Waals surface area contributed by atoms with Crippen molar-refractivity contribution < 1.29 is 19.8 Å². The minimum atomic E-state index is -1.35. The molecule has 0 radical (unpaired) electrons. The topological polar surface area (TPSA) is 101 Å². The smallest absolute Gasteiger partial charge is 0.323 e. The number of carboxylic acids is 2. The van der Waals surface area contributed by atoms with Gasteiger partial charge in [-0.15, -0.1) is 0 Å². The summed E-state index contributed by atoms with van der Waals surface area (Å²) in [6.45, 7) is 1.89. The van der Waals surface area contributed by atoms with Gasteiger partial charge in [0.05, 0.1) is 5.41 Å². The molecule has 15 heavy (non-hydrogen) atoms. The van der Waals surface area contributed by atoms with E-state index in [1.807, 2.05) is 6.92 Å². The molecule has 0 aromatic heterocycles. The van der Waals surface area contributed by atoms with E-state index in [-0.39, 0.29) is 12.8 Å². The molecule has 1 rings (SSSR count). The zero-order valence-corrected chi connectivity index (χ0v) is 8.82. The third kappa shape index (κ3) is 1.97. The van der Waals surface area contributed by atoms with Crippen LogP contribution in [0.4, 0.5) is 0 Å². The second-order valence-corrected chi connectivity index (χ2v) is 4.47. The second kappa shape index (κ2) is 3.81. The van der Waals surface area contributed by atoms with Crippen LogP contribution in [0.1, 0.15) is 39.0 Å². The van der Waals surface area contributed by atoms with Crippen LogP contribution in [0, 0.1) is 5.41 Å². The summed E-state index contributed by atoms with van der Waals surface area (Å²) < 4.78 is 0. The molecule has 0 aromatic carbocycles. The molecule has 0 spiro atoms. The summed E-state index contributed by atoms with van der Waals surface area (Å²) in [5.74, 6) is -2.01. The van der Waals surface area contributed by atoms with E-state index in [2.05, 4.69) is 0 Å². The predicted molar refractivity (Wildman–Crippen MR) is 53.4 cm³/mol. The molecule has 1 fully saturated rings. The van der Waals surface area contributed by atoms with Crippen molar-refractivity contribution >= 4 is 11.9 Å². The number of carbonyl (C=O) groups is 2. The van der Waals surface area contributed by atoms with Crippen molar-refractivity contribution in [3.63, 3.8) is 0 Å². The molecule has 5 heteroatoms. The van der Waals surface area contributed by atoms with Gasteiger partial charge >= 0.3 is 11.9 Å². The molecular formula is C10H17NO4. The summed E-state index contributed by atoms with van der Waals surface area (Å²) in [5.41, 5.74) is 3.40. The Hall–Kier alpha value is -1.10. The quantitative estimate of drug-likeness (QED) is 0.644. The first-order valence-corrected chi connectivity index (χ1v) is 5.12. The number of hydrogen-bond donors (Lipinski definition) is 3. The van der Waals surface area contributed by atoms with Gasteiger partial charge in [-0.2, -0.15) is 0 Å². The normalized spacial score (nSPS) is 35.3. The van der Waals surface area contributed by atoms with Gasteiger partial charge in [-0.25, -0.2) is 0 Å². The van der Waals surface area contributed by atoms with Crippen molar-refractivity contribution in [2.45, 2.75) is 44.6 Å². The van der Waals surface area contributed by atoms with Crippen molar-refractivity contribution in [3.8, 4) is 0 Å². The van der Waals surface area contributed by atoms with Gasteiger partial charge in [-0.1, -0.05) is 13.3 Å². The second-order valence-electron chi connectivity index (χ2n) is 4.47. The van der Waals surface area contributed by atoms with Crippen molar-refractivity contribution in [2.24, 2.45) is 11.1 Å². The Morgan fingerprint density at radius 2 is 1.87 bits per heavy atom. The van der Waals surface area contributed by atoms with E-state index in [0.29, 0.717) is 12.8 Å². The third-order valence-electron chi connectivity index (χ3n) is 3.31. The number of nitrogens with two attached hydrogens (primary N) is 1. The minimum absolute atomic E-state index is 0.0402. The van der Waals surface area contributed by atoms with Gasteiger partial charge in [-0.3, -0.25) is 9.59 Å². The Morgan fingerprint density at radius 3 is 2.20 bits per heavy atom. The Labute approximate surface area is 88.3 Å². The van der Waals surface area contributed by atoms with E-state index in [4.69, 9.17) is 15.9 Å². The predicted octanol–water partition coefficient (Wildman–Crippen LogP) is 0.823. The largest absolute Gasteiger partial charge is 0.481 e. The Balaban J connectivity index is 2.89. The summed E-state index contributed by atoms with van der Waals surface area (Å²) in [6, 6.07) is 0. The van der Waals surface area contributed by atoms with E-state index < -0.39 is 22.9 Å². The average Bonchev–Trinajstić information content (AvgIpc) is 2.47. The molecule has 0 heterocycles. The molecule has 0 aliphatic heterocycles. The fraction of sp³-hybridized carbons (Fsp3) is 0.800. The SMILES string of the molecule is CCC[C@@]1(C(=O)O)CC[C@@](N)(C(=O)O)C1. The molecule has 1 aliphatic rings. The third-order valence-corrected chi connectivity index (χ3v) is 3.31. The molecule has 1 aliphatic carbocycles. The van der Waals surface area contributed by atoms with Crippen molar-refractivity contribution in [2.75, 3.05) is 0 Å². The molecule has 2 atom stereocenters. The average molecular weight is 215 g/mol. The lowest BCUT2D eigenvalue weighted by atomic mass is 9.80. The lowest BCUT2D eigenvalue weighted by Crippen LogP contribution is -2.47. The van der Waals surface area contributed by atoms with Crippen LogP contribution >= 0.6 is 0 Å². The van der Waals surface area contributed by atoms with E-state index in [9.17, 15) is 9.59 Å². The summed E-state index contributed by atoms with van der Waals surface area (Å²) >= 11 is 0. The van der Waals surface area contributed by atoms with Crippen LogP contribution in [0.3, 0.4) is 0 Å². The summed E-state index contributed by atoms with van der Waals surface area (Å²) in [7, 11) is 0. The van der Waals surface area contributed by atoms with Crippen LogP contribution in [0.25, 0.3) is 0 Å². The van der Waals surface area contributed by atoms with E-state index in [0.717, 1.165) is 6.42 Å². The molecule has 0 saturated heterocycles. The molecule has 0 aromatic rings. The van der Waals surface area contributed by atoms with Crippen molar-refractivity contribution in [1.29, 1.82) is 0 Å². The molecule has 1 saturated carbocycles. The molecular weight excluding hydrogens is 198 g/mol. The summed E-state index contributed by atoms with van der Waals surface area (Å²) in [5, 5.41) is 18.1. The standard InChI is InChI=1S/C10H17NO4/c1-2-3-9(7(12)13)4-5-10(11,6-9)8(14)15/h2-6,11H2,1H3,(H,12,13)(H,14,15)/t9-,10+/m1/s1. The van der Waals surface area contributed by atoms with Crippen molar-refractivity contribution in [3.05, 3.63) is 0 Å². The number of rotatable bonds is 4. The van der Waals surface area contributed by atoms with Crippen molar-refractivity contribution in [1.82, 2.24) is 0 Å². The summed E-state index contributed by atoms with van der Waals surface area (Å²) in [4.78, 5) is 22.1. The van der Waals surface area contributed by atoms with E-state index in [1.165, 1.54) is 0 Å². The molecule has 0 bridgehead atoms. The first kappa shape index (κ1) is 12.0. The highest BCUT2D eigenvalue weighted by molar-refractivity contribution is 5.83. The van der Waals surface area contributed by atoms with Crippen LogP contribution in [0.2, 0.25) is 0 Å². The zero-order chi connectivity index (χ0) is 11.7. The van der Waals surface area contributed by atoms with Gasteiger partial charge in [-0.05, 0) is 25.7 Å². The van der Waals surface area contributed by atoms with Crippen LogP contribution in [-0.4, -0.2) is 27.7 Å². The maximum Gasteiger partial charge on any atom is 0.323 e. The zero-order valence-electron chi connectivity index (χ0n) is 8.82. The molecule has 4 N–H and O–H groups in total. The fourth-order valence-electron chi connectivity index (χ4n) is 2.41. The Bertz CT molecular complexity index is 291. The van der Waals surface area contributed by atoms with Gasteiger partial charge < -0.3 is 15.9 Å². The Morgan fingerprint density at radius 1 is 1.27 bits per heavy atom. The van der Waals surface area contributed by atoms with E-state index >= 15 is 0 Å². The van der Waals surface area contributed by atoms with Gasteiger partial charge in [0.1, 0.15) is 5.54 Å². The van der Waals surface area contributed by atoms with Gasteiger partial charge in [0, 0.05) is 0 Å². The fourth-order valence-corrected chi connectivity index (χ4v) is 2.41. The number of hydrogen-bond acceptors (Lipinski definition) is 3. The van der Waals surface area contributed by atoms with Gasteiger partial charge in [0.15, 0.2) is 0 Å². The highest BCUT2D eigenvalue weighted by Crippen LogP contribution is 2.46. The minimum Gasteiger partial charge on any atom is -0.481 e. The van der Waals surface area contributed by atoms with Crippen LogP contribution in [0.5, 0.6) is 0 Å². The molecule has 5 nitrogen and oxygen atoms in total. The highest BCUT2D eigenvalue weighted by atomic mass is 16.4. The van der Waals surface area contributed by atoms with Gasteiger partial charge in [0.2, 0.25) is 0 Å². The lowest BCUT2D eigenvalue weighted by Gasteiger charge is -2.25. The first-order valence-electron chi connectivity index (χ1n) is 5.12. The molecule has 0 unspecified atom stereocenters. The van der Waals surface area contributed by atoms with Crippen LogP contribution in [-0.2, 0) is 9.59 Å². The lowest BCUT2D eigenvalue weighted by molar-refractivity contribution is -0.150. The molecule has 86 valence electrons. The monoisotopic (exact) mass is 215 g/mol. The van der Waals surface area contributed by atoms with Gasteiger partial charge in [0.25, 0.3) is 0 Å². The highest BCUT2D eigenvalue weighted by Gasteiger charge is 2.53. The Kier molecular flexibility index (Phi) is 3.04. The van der Waals surface area contributed by atoms with E-state index in [1.54, 1.807) is 0 Å². The number of aliphatic carboxylic acids is 2. The number of carboxylic acid groups (broad SMARTS) is 2. The first-order chi connectivity index (χ1) is 6.86. The molecule has 0 amide bonds. The summed E-state index contributed by atoms with van der Waals surface area (Å²) in [6.07, 6.45) is 1.86.